The van der Waals surface area contributed by atoms with Crippen molar-refractivity contribution < 1.29 is 18.1 Å². The molecular formula is C20H20N4O5S2. The number of carbonyl (C=O) groups is 1. The van der Waals surface area contributed by atoms with Crippen molar-refractivity contribution in [3.8, 4) is 11.3 Å². The van der Waals surface area contributed by atoms with Gasteiger partial charge in [0.25, 0.3) is 11.6 Å². The monoisotopic (exact) mass is 460 g/mol. The maximum absolute atomic E-state index is 12.5. The van der Waals surface area contributed by atoms with Crippen LogP contribution in [0.25, 0.3) is 11.3 Å². The molecule has 0 radical (unpaired) electrons. The summed E-state index contributed by atoms with van der Waals surface area (Å²) in [7, 11) is -2.12. The van der Waals surface area contributed by atoms with E-state index in [2.05, 4.69) is 10.3 Å². The summed E-state index contributed by atoms with van der Waals surface area (Å²) in [4.78, 5) is 27.2. The van der Waals surface area contributed by atoms with Gasteiger partial charge in [0.1, 0.15) is 0 Å². The normalized spacial score (nSPS) is 11.6. The predicted molar refractivity (Wildman–Crippen MR) is 119 cm³/mol. The first kappa shape index (κ1) is 22.5. The van der Waals surface area contributed by atoms with Crippen molar-refractivity contribution in [2.24, 2.45) is 0 Å². The molecule has 1 amide bonds. The van der Waals surface area contributed by atoms with E-state index in [9.17, 15) is 23.3 Å². The minimum absolute atomic E-state index is 0.0162. The highest BCUT2D eigenvalue weighted by atomic mass is 32.2. The highest BCUT2D eigenvalue weighted by Gasteiger charge is 2.23. The summed E-state index contributed by atoms with van der Waals surface area (Å²) in [5.74, 6) is -0.425. The number of nitro benzene ring substituents is 1. The molecular weight excluding hydrogens is 440 g/mol. The molecule has 0 saturated carbocycles. The second-order valence-corrected chi connectivity index (χ2v) is 9.79. The van der Waals surface area contributed by atoms with Crippen molar-refractivity contribution >= 4 is 38.1 Å². The Hall–Kier alpha value is -3.15. The standard InChI is InChI=1S/C20H20N4O5S2/c1-13(2)23(3)31(28,29)17-10-6-15(7-11-17)19(25)22-20-21-18(12-30-20)14-4-8-16(9-5-14)24(26)27/h4-13H,1-3H3,(H,21,22,25). The van der Waals surface area contributed by atoms with Gasteiger partial charge in [-0.05, 0) is 50.2 Å². The third-order valence-electron chi connectivity index (χ3n) is 4.62. The number of sulfonamides is 1. The molecule has 1 heterocycles. The Morgan fingerprint density at radius 3 is 2.29 bits per heavy atom. The fourth-order valence-corrected chi connectivity index (χ4v) is 4.69. The van der Waals surface area contributed by atoms with Crippen LogP contribution in [-0.4, -0.2) is 41.6 Å². The number of carbonyl (C=O) groups excluding carboxylic acids is 1. The van der Waals surface area contributed by atoms with Gasteiger partial charge < -0.3 is 0 Å². The van der Waals surface area contributed by atoms with E-state index in [-0.39, 0.29) is 16.6 Å². The van der Waals surface area contributed by atoms with Crippen LogP contribution in [0, 0.1) is 10.1 Å². The second kappa shape index (κ2) is 8.92. The zero-order chi connectivity index (χ0) is 22.8. The predicted octanol–water partition coefficient (Wildman–Crippen LogP) is 4.00. The summed E-state index contributed by atoms with van der Waals surface area (Å²) < 4.78 is 26.3. The molecule has 0 atom stereocenters. The zero-order valence-corrected chi connectivity index (χ0v) is 18.6. The van der Waals surface area contributed by atoms with Crippen molar-refractivity contribution in [1.29, 1.82) is 0 Å². The third kappa shape index (κ3) is 4.95. The third-order valence-corrected chi connectivity index (χ3v) is 7.42. The molecule has 1 aromatic heterocycles. The van der Waals surface area contributed by atoms with Crippen LogP contribution in [0.15, 0.2) is 58.8 Å². The first-order valence-electron chi connectivity index (χ1n) is 9.19. The summed E-state index contributed by atoms with van der Waals surface area (Å²) in [6.07, 6.45) is 0. The Morgan fingerprint density at radius 2 is 1.74 bits per heavy atom. The number of thiazole rings is 1. The fourth-order valence-electron chi connectivity index (χ4n) is 2.61. The summed E-state index contributed by atoms with van der Waals surface area (Å²) in [5, 5.41) is 15.5. The topological polar surface area (TPSA) is 123 Å². The molecule has 0 unspecified atom stereocenters. The van der Waals surface area contributed by atoms with Gasteiger partial charge in [-0.15, -0.1) is 11.3 Å². The molecule has 0 aliphatic carbocycles. The number of nitrogens with zero attached hydrogens (tertiary/aromatic N) is 3. The van der Waals surface area contributed by atoms with E-state index in [4.69, 9.17) is 0 Å². The summed E-state index contributed by atoms with van der Waals surface area (Å²) in [6, 6.07) is 11.4. The molecule has 0 saturated heterocycles. The van der Waals surface area contributed by atoms with E-state index in [1.807, 2.05) is 0 Å². The Labute approximate surface area is 183 Å². The van der Waals surface area contributed by atoms with Crippen LogP contribution in [0.2, 0.25) is 0 Å². The van der Waals surface area contributed by atoms with Gasteiger partial charge in [0.15, 0.2) is 5.13 Å². The van der Waals surface area contributed by atoms with Gasteiger partial charge in [0.2, 0.25) is 10.0 Å². The molecule has 0 spiro atoms. The van der Waals surface area contributed by atoms with E-state index >= 15 is 0 Å². The number of amides is 1. The number of benzene rings is 2. The number of nitro groups is 1. The highest BCUT2D eigenvalue weighted by molar-refractivity contribution is 7.89. The first-order valence-corrected chi connectivity index (χ1v) is 11.5. The number of non-ortho nitro benzene ring substituents is 1. The minimum Gasteiger partial charge on any atom is -0.298 e. The van der Waals surface area contributed by atoms with Crippen molar-refractivity contribution in [3.05, 3.63) is 69.6 Å². The average Bonchev–Trinajstić information content (AvgIpc) is 3.21. The van der Waals surface area contributed by atoms with Crippen molar-refractivity contribution in [2.45, 2.75) is 24.8 Å². The van der Waals surface area contributed by atoms with E-state index in [1.165, 1.54) is 59.1 Å². The number of aromatic nitrogens is 1. The van der Waals surface area contributed by atoms with Crippen LogP contribution < -0.4 is 5.32 Å². The molecule has 1 N–H and O–H groups in total. The lowest BCUT2D eigenvalue weighted by atomic mass is 10.1. The quantitative estimate of drug-likeness (QED) is 0.420. The molecule has 0 aliphatic heterocycles. The van der Waals surface area contributed by atoms with Gasteiger partial charge in [-0.1, -0.05) is 0 Å². The fraction of sp³-hybridized carbons (Fsp3) is 0.200. The maximum Gasteiger partial charge on any atom is 0.269 e. The molecule has 3 aromatic rings. The lowest BCUT2D eigenvalue weighted by Gasteiger charge is -2.20. The molecule has 0 aliphatic rings. The summed E-state index contributed by atoms with van der Waals surface area (Å²) >= 11 is 1.21. The van der Waals surface area contributed by atoms with Gasteiger partial charge in [-0.25, -0.2) is 13.4 Å². The Balaban J connectivity index is 1.72. The maximum atomic E-state index is 12.5. The smallest absolute Gasteiger partial charge is 0.269 e. The van der Waals surface area contributed by atoms with Crippen molar-refractivity contribution in [1.82, 2.24) is 9.29 Å². The lowest BCUT2D eigenvalue weighted by Crippen LogP contribution is -2.33. The Kier molecular flexibility index (Phi) is 6.48. The molecule has 9 nitrogen and oxygen atoms in total. The number of hydrogen-bond donors (Lipinski definition) is 1. The molecule has 2 aromatic carbocycles. The van der Waals surface area contributed by atoms with Crippen molar-refractivity contribution in [3.63, 3.8) is 0 Å². The average molecular weight is 461 g/mol. The molecule has 11 heteroatoms. The highest BCUT2D eigenvalue weighted by Crippen LogP contribution is 2.27. The van der Waals surface area contributed by atoms with E-state index in [0.717, 1.165) is 0 Å². The van der Waals surface area contributed by atoms with Crippen molar-refractivity contribution in [2.75, 3.05) is 12.4 Å². The van der Waals surface area contributed by atoms with Gasteiger partial charge in [-0.3, -0.25) is 20.2 Å². The molecule has 162 valence electrons. The van der Waals surface area contributed by atoms with E-state index < -0.39 is 20.9 Å². The Bertz CT molecular complexity index is 1200. The SMILES string of the molecule is CC(C)N(C)S(=O)(=O)c1ccc(C(=O)Nc2nc(-c3ccc([N+](=O)[O-])cc3)cs2)cc1. The Morgan fingerprint density at radius 1 is 1.13 bits per heavy atom. The van der Waals surface area contributed by atoms with Gasteiger partial charge >= 0.3 is 0 Å². The number of hydrogen-bond acceptors (Lipinski definition) is 7. The summed E-state index contributed by atoms with van der Waals surface area (Å²) in [5.41, 5.74) is 1.54. The number of nitrogens with one attached hydrogen (secondary N) is 1. The number of anilines is 1. The minimum atomic E-state index is -3.63. The molecule has 31 heavy (non-hydrogen) atoms. The largest absolute Gasteiger partial charge is 0.298 e. The molecule has 3 rings (SSSR count). The van der Waals surface area contributed by atoms with E-state index in [1.54, 1.807) is 31.4 Å². The van der Waals surface area contributed by atoms with Crippen LogP contribution in [0.4, 0.5) is 10.8 Å². The molecule has 0 fully saturated rings. The van der Waals surface area contributed by atoms with Crippen LogP contribution in [0.5, 0.6) is 0 Å². The van der Waals surface area contributed by atoms with Crippen LogP contribution in [-0.2, 0) is 10.0 Å². The van der Waals surface area contributed by atoms with E-state index in [0.29, 0.717) is 22.0 Å². The number of rotatable bonds is 7. The molecule has 0 bridgehead atoms. The van der Waals surface area contributed by atoms with Gasteiger partial charge in [0, 0.05) is 41.7 Å². The zero-order valence-electron chi connectivity index (χ0n) is 17.0. The summed E-state index contributed by atoms with van der Waals surface area (Å²) in [6.45, 7) is 3.55. The van der Waals surface area contributed by atoms with Crippen LogP contribution in [0.1, 0.15) is 24.2 Å². The van der Waals surface area contributed by atoms with Gasteiger partial charge in [-0.2, -0.15) is 4.31 Å². The van der Waals surface area contributed by atoms with Crippen LogP contribution >= 0.6 is 11.3 Å². The van der Waals surface area contributed by atoms with Crippen LogP contribution in [0.3, 0.4) is 0 Å². The first-order chi connectivity index (χ1) is 14.6. The van der Waals surface area contributed by atoms with Gasteiger partial charge in [0.05, 0.1) is 15.5 Å². The lowest BCUT2D eigenvalue weighted by molar-refractivity contribution is -0.384. The second-order valence-electron chi connectivity index (χ2n) is 6.94.